The van der Waals surface area contributed by atoms with Gasteiger partial charge in [-0.2, -0.15) is 0 Å². The first-order chi connectivity index (χ1) is 9.13. The van der Waals surface area contributed by atoms with Gasteiger partial charge in [0.2, 0.25) is 0 Å². The fraction of sp³-hybridized carbons (Fsp3) is 0.615. The lowest BCUT2D eigenvalue weighted by molar-refractivity contribution is 0.0681. The van der Waals surface area contributed by atoms with E-state index in [2.05, 4.69) is 31.4 Å². The Morgan fingerprint density at radius 1 is 1.42 bits per heavy atom. The number of aromatic nitrogens is 1. The van der Waals surface area contributed by atoms with Crippen molar-refractivity contribution in [3.8, 4) is 0 Å². The topological polar surface area (TPSA) is 63.6 Å². The van der Waals surface area contributed by atoms with Gasteiger partial charge >= 0.3 is 0 Å². The van der Waals surface area contributed by atoms with Gasteiger partial charge in [-0.25, -0.2) is 4.98 Å². The zero-order valence-corrected chi connectivity index (χ0v) is 12.7. The van der Waals surface area contributed by atoms with Crippen LogP contribution >= 0.6 is 15.9 Å². The molecule has 0 aliphatic heterocycles. The molecular formula is C13H18BrN3O2. The van der Waals surface area contributed by atoms with E-state index in [4.69, 9.17) is 4.74 Å². The predicted molar refractivity (Wildman–Crippen MR) is 78.8 cm³/mol. The number of halogens is 1. The van der Waals surface area contributed by atoms with Gasteiger partial charge in [-0.1, -0.05) is 0 Å². The highest BCUT2D eigenvalue weighted by atomic mass is 79.9. The Bertz CT molecular complexity index is 459. The van der Waals surface area contributed by atoms with Gasteiger partial charge in [0.25, 0.3) is 0 Å². The van der Waals surface area contributed by atoms with Crippen molar-refractivity contribution in [1.29, 1.82) is 0 Å². The Morgan fingerprint density at radius 3 is 2.68 bits per heavy atom. The maximum atomic E-state index is 10.6. The minimum atomic E-state index is 0.375. The van der Waals surface area contributed by atoms with E-state index in [9.17, 15) is 4.91 Å². The summed E-state index contributed by atoms with van der Waals surface area (Å²) >= 11 is 3.43. The summed E-state index contributed by atoms with van der Waals surface area (Å²) in [5, 5.41) is 6.38. The predicted octanol–water partition coefficient (Wildman–Crippen LogP) is 3.92. The van der Waals surface area contributed by atoms with E-state index in [1.165, 1.54) is 0 Å². The monoisotopic (exact) mass is 327 g/mol. The lowest BCUT2D eigenvalue weighted by Crippen LogP contribution is -2.29. The number of rotatable bonds is 4. The van der Waals surface area contributed by atoms with E-state index in [0.29, 0.717) is 23.5 Å². The summed E-state index contributed by atoms with van der Waals surface area (Å²) in [6, 6.07) is 2.11. The number of methoxy groups -OCH3 is 1. The molecule has 6 heteroatoms. The molecule has 0 amide bonds. The SMILES string of the molecule is COC1CCC(Nc2nc(C)c(N=O)cc2Br)CC1. The molecular weight excluding hydrogens is 310 g/mol. The Kier molecular flexibility index (Phi) is 4.87. The minimum Gasteiger partial charge on any atom is -0.381 e. The normalized spacial score (nSPS) is 23.1. The molecule has 19 heavy (non-hydrogen) atoms. The molecule has 1 aliphatic rings. The molecule has 0 aromatic carbocycles. The average molecular weight is 328 g/mol. The van der Waals surface area contributed by atoms with Crippen LogP contribution in [0.5, 0.6) is 0 Å². The average Bonchev–Trinajstić information content (AvgIpc) is 2.43. The fourth-order valence-corrected chi connectivity index (χ4v) is 2.82. The Hall–Kier alpha value is -1.01. The largest absolute Gasteiger partial charge is 0.381 e. The van der Waals surface area contributed by atoms with Crippen LogP contribution in [0.4, 0.5) is 11.5 Å². The molecule has 0 bridgehead atoms. The summed E-state index contributed by atoms with van der Waals surface area (Å²) in [6.45, 7) is 1.79. The summed E-state index contributed by atoms with van der Waals surface area (Å²) in [6.07, 6.45) is 4.66. The maximum Gasteiger partial charge on any atom is 0.140 e. The molecule has 104 valence electrons. The van der Waals surface area contributed by atoms with Crippen molar-refractivity contribution in [2.75, 3.05) is 12.4 Å². The highest BCUT2D eigenvalue weighted by Gasteiger charge is 2.21. The van der Waals surface area contributed by atoms with Crippen molar-refractivity contribution in [1.82, 2.24) is 4.98 Å². The van der Waals surface area contributed by atoms with Crippen molar-refractivity contribution in [3.05, 3.63) is 21.1 Å². The highest BCUT2D eigenvalue weighted by molar-refractivity contribution is 9.10. The summed E-state index contributed by atoms with van der Waals surface area (Å²) in [5.41, 5.74) is 1.02. The molecule has 0 atom stereocenters. The van der Waals surface area contributed by atoms with Crippen LogP contribution in [-0.2, 0) is 4.74 Å². The number of anilines is 1. The van der Waals surface area contributed by atoms with Crippen molar-refractivity contribution < 1.29 is 4.74 Å². The molecule has 1 saturated carbocycles. The summed E-state index contributed by atoms with van der Waals surface area (Å²) in [5.74, 6) is 0.783. The van der Waals surface area contributed by atoms with Crippen molar-refractivity contribution in [3.63, 3.8) is 0 Å². The number of ether oxygens (including phenoxy) is 1. The number of hydrogen-bond donors (Lipinski definition) is 1. The van der Waals surface area contributed by atoms with Crippen molar-refractivity contribution in [2.24, 2.45) is 5.18 Å². The number of nitroso groups, excluding NO2 is 1. The smallest absolute Gasteiger partial charge is 0.140 e. The zero-order chi connectivity index (χ0) is 13.8. The van der Waals surface area contributed by atoms with Crippen molar-refractivity contribution >= 4 is 27.4 Å². The molecule has 1 heterocycles. The second kappa shape index (κ2) is 6.43. The van der Waals surface area contributed by atoms with Crippen LogP contribution < -0.4 is 5.32 Å². The van der Waals surface area contributed by atoms with Gasteiger partial charge in [0.1, 0.15) is 11.5 Å². The molecule has 0 saturated heterocycles. The van der Waals surface area contributed by atoms with E-state index >= 15 is 0 Å². The number of hydrogen-bond acceptors (Lipinski definition) is 5. The number of nitrogens with one attached hydrogen (secondary N) is 1. The molecule has 5 nitrogen and oxygen atoms in total. The van der Waals surface area contributed by atoms with Crippen LogP contribution in [0.15, 0.2) is 15.7 Å². The third-order valence-electron chi connectivity index (χ3n) is 3.59. The molecule has 1 aromatic rings. The lowest BCUT2D eigenvalue weighted by Gasteiger charge is -2.28. The Balaban J connectivity index is 2.04. The van der Waals surface area contributed by atoms with E-state index in [1.54, 1.807) is 20.1 Å². The van der Waals surface area contributed by atoms with Gasteiger partial charge in [0.05, 0.1) is 16.3 Å². The van der Waals surface area contributed by atoms with Crippen LogP contribution in [0.2, 0.25) is 0 Å². The van der Waals surface area contributed by atoms with Crippen molar-refractivity contribution in [2.45, 2.75) is 44.8 Å². The molecule has 0 unspecified atom stereocenters. The highest BCUT2D eigenvalue weighted by Crippen LogP contribution is 2.30. The molecule has 1 aromatic heterocycles. The van der Waals surface area contributed by atoms with E-state index < -0.39 is 0 Å². The maximum absolute atomic E-state index is 10.6. The first kappa shape index (κ1) is 14.4. The van der Waals surface area contributed by atoms with Crippen LogP contribution in [-0.4, -0.2) is 24.2 Å². The van der Waals surface area contributed by atoms with Gasteiger partial charge in [-0.15, -0.1) is 4.91 Å². The van der Waals surface area contributed by atoms with Crippen LogP contribution in [0.3, 0.4) is 0 Å². The van der Waals surface area contributed by atoms with E-state index in [1.807, 2.05) is 0 Å². The van der Waals surface area contributed by atoms with Gasteiger partial charge in [-0.3, -0.25) is 0 Å². The quantitative estimate of drug-likeness (QED) is 0.851. The minimum absolute atomic E-state index is 0.375. The fourth-order valence-electron chi connectivity index (χ4n) is 2.40. The second-order valence-electron chi connectivity index (χ2n) is 4.87. The zero-order valence-electron chi connectivity index (χ0n) is 11.1. The first-order valence-electron chi connectivity index (χ1n) is 6.44. The standard InChI is InChI=1S/C13H18BrN3O2/c1-8-12(17-18)7-11(14)13(15-8)16-9-3-5-10(19-2)6-4-9/h7,9-10H,3-6H2,1-2H3,(H,15,16). The van der Waals surface area contributed by atoms with Crippen LogP contribution in [0, 0.1) is 11.8 Å². The molecule has 2 rings (SSSR count). The third-order valence-corrected chi connectivity index (χ3v) is 4.19. The summed E-state index contributed by atoms with van der Waals surface area (Å²) < 4.78 is 6.14. The number of nitrogens with zero attached hydrogens (tertiary/aromatic N) is 2. The first-order valence-corrected chi connectivity index (χ1v) is 7.23. The summed E-state index contributed by atoms with van der Waals surface area (Å²) in [7, 11) is 1.77. The molecule has 1 fully saturated rings. The van der Waals surface area contributed by atoms with E-state index in [0.717, 1.165) is 36.0 Å². The summed E-state index contributed by atoms with van der Waals surface area (Å²) in [4.78, 5) is 15.0. The van der Waals surface area contributed by atoms with Crippen LogP contribution in [0.25, 0.3) is 0 Å². The van der Waals surface area contributed by atoms with Gasteiger partial charge in [0.15, 0.2) is 0 Å². The molecule has 1 aliphatic carbocycles. The number of aryl methyl sites for hydroxylation is 1. The van der Waals surface area contributed by atoms with Gasteiger partial charge in [-0.05, 0) is 59.8 Å². The van der Waals surface area contributed by atoms with Gasteiger partial charge in [0, 0.05) is 13.2 Å². The Labute approximate surface area is 121 Å². The van der Waals surface area contributed by atoms with Crippen LogP contribution in [0.1, 0.15) is 31.4 Å². The number of pyridine rings is 1. The van der Waals surface area contributed by atoms with E-state index in [-0.39, 0.29) is 0 Å². The molecule has 0 spiro atoms. The van der Waals surface area contributed by atoms with Gasteiger partial charge < -0.3 is 10.1 Å². The molecule has 1 N–H and O–H groups in total. The molecule has 0 radical (unpaired) electrons. The lowest BCUT2D eigenvalue weighted by atomic mass is 9.93. The Morgan fingerprint density at radius 2 is 2.11 bits per heavy atom. The second-order valence-corrected chi connectivity index (χ2v) is 5.72. The third kappa shape index (κ3) is 3.51.